The van der Waals surface area contributed by atoms with Crippen LogP contribution < -0.4 is 0 Å². The molecule has 0 aliphatic carbocycles. The predicted molar refractivity (Wildman–Crippen MR) is 73.3 cm³/mol. The Kier molecular flexibility index (Phi) is 2.62. The normalized spacial score (nSPS) is 11.2. The highest BCUT2D eigenvalue weighted by Gasteiger charge is 2.10. The molecule has 86 valence electrons. The third-order valence-electron chi connectivity index (χ3n) is 2.48. The molecule has 3 rings (SSSR count). The first-order chi connectivity index (χ1) is 8.13. The van der Waals surface area contributed by atoms with Crippen LogP contribution in [0.5, 0.6) is 0 Å². The molecule has 0 amide bonds. The van der Waals surface area contributed by atoms with Crippen molar-refractivity contribution in [2.45, 2.75) is 6.92 Å². The van der Waals surface area contributed by atoms with Crippen LogP contribution in [0.3, 0.4) is 0 Å². The molecule has 0 fully saturated rings. The second-order valence-electron chi connectivity index (χ2n) is 3.78. The van der Waals surface area contributed by atoms with Crippen LogP contribution in [0, 0.1) is 6.92 Å². The highest BCUT2D eigenvalue weighted by atomic mass is 35.5. The summed E-state index contributed by atoms with van der Waals surface area (Å²) in [6, 6.07) is 5.45. The van der Waals surface area contributed by atoms with Gasteiger partial charge in [0.1, 0.15) is 0 Å². The van der Waals surface area contributed by atoms with Crippen molar-refractivity contribution in [1.29, 1.82) is 0 Å². The number of hydrogen-bond acceptors (Lipinski definition) is 2. The molecular formula is C12H8Cl2N2S. The van der Waals surface area contributed by atoms with E-state index in [4.69, 9.17) is 23.2 Å². The Hall–Kier alpha value is -1.03. The van der Waals surface area contributed by atoms with Gasteiger partial charge in [-0.15, -0.1) is 11.3 Å². The molecule has 0 saturated heterocycles. The van der Waals surface area contributed by atoms with E-state index in [-0.39, 0.29) is 0 Å². The Bertz CT molecular complexity index is 668. The van der Waals surface area contributed by atoms with E-state index in [1.54, 1.807) is 17.4 Å². The van der Waals surface area contributed by atoms with Gasteiger partial charge in [0.2, 0.25) is 0 Å². The topological polar surface area (TPSA) is 17.3 Å². The number of aromatic nitrogens is 2. The van der Waals surface area contributed by atoms with E-state index in [0.29, 0.717) is 10.0 Å². The molecule has 0 radical (unpaired) electrons. The number of hydrogen-bond donors (Lipinski definition) is 0. The van der Waals surface area contributed by atoms with E-state index in [9.17, 15) is 0 Å². The summed E-state index contributed by atoms with van der Waals surface area (Å²) >= 11 is 13.7. The van der Waals surface area contributed by atoms with Crippen molar-refractivity contribution in [2.75, 3.05) is 0 Å². The van der Waals surface area contributed by atoms with Gasteiger partial charge in [-0.25, -0.2) is 4.98 Å². The molecule has 0 saturated carbocycles. The standard InChI is InChI=1S/C12H8Cl2N2S/c1-7-5-16-6-11(15-12(16)17-7)9-3-2-8(13)4-10(9)14/h2-6H,1H3. The van der Waals surface area contributed by atoms with Gasteiger partial charge in [0.05, 0.1) is 10.7 Å². The van der Waals surface area contributed by atoms with Crippen molar-refractivity contribution >= 4 is 39.5 Å². The van der Waals surface area contributed by atoms with E-state index in [2.05, 4.69) is 18.1 Å². The van der Waals surface area contributed by atoms with Crippen LogP contribution in [0.4, 0.5) is 0 Å². The van der Waals surface area contributed by atoms with Crippen LogP contribution >= 0.6 is 34.5 Å². The van der Waals surface area contributed by atoms with Crippen molar-refractivity contribution in [3.63, 3.8) is 0 Å². The minimum atomic E-state index is 0.625. The summed E-state index contributed by atoms with van der Waals surface area (Å²) in [4.78, 5) is 6.76. The van der Waals surface area contributed by atoms with Crippen molar-refractivity contribution < 1.29 is 0 Å². The van der Waals surface area contributed by atoms with E-state index in [0.717, 1.165) is 16.2 Å². The SMILES string of the molecule is Cc1cn2cc(-c3ccc(Cl)cc3Cl)nc2s1. The van der Waals surface area contributed by atoms with Crippen LogP contribution in [0.1, 0.15) is 4.88 Å². The summed E-state index contributed by atoms with van der Waals surface area (Å²) < 4.78 is 2.01. The fourth-order valence-electron chi connectivity index (χ4n) is 1.74. The molecule has 0 aliphatic heterocycles. The first-order valence-electron chi connectivity index (χ1n) is 5.04. The first-order valence-corrected chi connectivity index (χ1v) is 6.61. The van der Waals surface area contributed by atoms with E-state index >= 15 is 0 Å². The number of aryl methyl sites for hydroxylation is 1. The fourth-order valence-corrected chi connectivity index (χ4v) is 3.05. The molecule has 17 heavy (non-hydrogen) atoms. The molecule has 0 unspecified atom stereocenters. The lowest BCUT2D eigenvalue weighted by Crippen LogP contribution is -1.79. The zero-order valence-corrected chi connectivity index (χ0v) is 11.3. The second-order valence-corrected chi connectivity index (χ2v) is 5.84. The Balaban J connectivity index is 2.16. The Morgan fingerprint density at radius 2 is 2.06 bits per heavy atom. The van der Waals surface area contributed by atoms with Crippen LogP contribution in [-0.4, -0.2) is 9.38 Å². The van der Waals surface area contributed by atoms with Crippen molar-refractivity contribution in [3.05, 3.63) is 45.5 Å². The molecule has 2 heterocycles. The average Bonchev–Trinajstić information content (AvgIpc) is 2.74. The molecule has 3 aromatic rings. The minimum Gasteiger partial charge on any atom is -0.297 e. The van der Waals surface area contributed by atoms with Gasteiger partial charge in [-0.2, -0.15) is 0 Å². The Morgan fingerprint density at radius 1 is 1.24 bits per heavy atom. The molecule has 2 aromatic heterocycles. The van der Waals surface area contributed by atoms with Crippen LogP contribution in [-0.2, 0) is 0 Å². The Labute approximate surface area is 112 Å². The van der Waals surface area contributed by atoms with E-state index < -0.39 is 0 Å². The van der Waals surface area contributed by atoms with Gasteiger partial charge in [0.25, 0.3) is 0 Å². The summed E-state index contributed by atoms with van der Waals surface area (Å²) in [5.41, 5.74) is 1.78. The molecular weight excluding hydrogens is 275 g/mol. The van der Waals surface area contributed by atoms with Crippen molar-refractivity contribution in [2.24, 2.45) is 0 Å². The summed E-state index contributed by atoms with van der Waals surface area (Å²) in [6.07, 6.45) is 4.04. The van der Waals surface area contributed by atoms with Gasteiger partial charge in [-0.05, 0) is 25.1 Å². The van der Waals surface area contributed by atoms with E-state index in [1.807, 2.05) is 22.7 Å². The zero-order chi connectivity index (χ0) is 12.0. The van der Waals surface area contributed by atoms with Gasteiger partial charge >= 0.3 is 0 Å². The number of rotatable bonds is 1. The monoisotopic (exact) mass is 282 g/mol. The zero-order valence-electron chi connectivity index (χ0n) is 8.95. The number of nitrogens with zero attached hydrogens (tertiary/aromatic N) is 2. The van der Waals surface area contributed by atoms with Gasteiger partial charge < -0.3 is 0 Å². The lowest BCUT2D eigenvalue weighted by atomic mass is 10.2. The summed E-state index contributed by atoms with van der Waals surface area (Å²) in [5, 5.41) is 1.26. The number of imidazole rings is 1. The van der Waals surface area contributed by atoms with Crippen LogP contribution in [0.2, 0.25) is 10.0 Å². The van der Waals surface area contributed by atoms with Gasteiger partial charge in [-0.1, -0.05) is 23.2 Å². The third-order valence-corrected chi connectivity index (χ3v) is 3.94. The van der Waals surface area contributed by atoms with Crippen LogP contribution in [0.25, 0.3) is 16.2 Å². The number of benzene rings is 1. The second kappa shape index (κ2) is 4.02. The lowest BCUT2D eigenvalue weighted by Gasteiger charge is -2.00. The highest BCUT2D eigenvalue weighted by molar-refractivity contribution is 7.17. The van der Waals surface area contributed by atoms with Gasteiger partial charge in [0.15, 0.2) is 4.96 Å². The molecule has 0 spiro atoms. The number of fused-ring (bicyclic) bond motifs is 1. The van der Waals surface area contributed by atoms with Crippen molar-refractivity contribution in [1.82, 2.24) is 9.38 Å². The molecule has 0 N–H and O–H groups in total. The fraction of sp³-hybridized carbons (Fsp3) is 0.0833. The average molecular weight is 283 g/mol. The summed E-state index contributed by atoms with van der Waals surface area (Å²) in [7, 11) is 0. The molecule has 2 nitrogen and oxygen atoms in total. The van der Waals surface area contributed by atoms with Gasteiger partial charge in [0, 0.05) is 27.9 Å². The molecule has 0 atom stereocenters. The maximum atomic E-state index is 6.16. The minimum absolute atomic E-state index is 0.625. The molecule has 1 aromatic carbocycles. The quantitative estimate of drug-likeness (QED) is 0.634. The summed E-state index contributed by atoms with van der Waals surface area (Å²) in [5.74, 6) is 0. The van der Waals surface area contributed by atoms with E-state index in [1.165, 1.54) is 4.88 Å². The maximum absolute atomic E-state index is 6.16. The maximum Gasteiger partial charge on any atom is 0.194 e. The largest absolute Gasteiger partial charge is 0.297 e. The van der Waals surface area contributed by atoms with Crippen LogP contribution in [0.15, 0.2) is 30.6 Å². The predicted octanol–water partition coefficient (Wildman–Crippen LogP) is 4.68. The number of thiazole rings is 1. The lowest BCUT2D eigenvalue weighted by molar-refractivity contribution is 1.22. The number of halogens is 2. The first kappa shape index (κ1) is 11.1. The van der Waals surface area contributed by atoms with Gasteiger partial charge in [-0.3, -0.25) is 4.40 Å². The smallest absolute Gasteiger partial charge is 0.194 e. The molecule has 0 aliphatic rings. The molecule has 5 heteroatoms. The summed E-state index contributed by atoms with van der Waals surface area (Å²) in [6.45, 7) is 2.06. The Morgan fingerprint density at radius 3 is 2.76 bits per heavy atom. The molecule has 0 bridgehead atoms. The highest BCUT2D eigenvalue weighted by Crippen LogP contribution is 2.31. The third kappa shape index (κ3) is 1.95. The van der Waals surface area contributed by atoms with Crippen molar-refractivity contribution in [3.8, 4) is 11.3 Å².